The Labute approximate surface area is 122 Å². The molecule has 7 heteroatoms. The molecule has 1 heterocycles. The predicted molar refractivity (Wildman–Crippen MR) is 78.8 cm³/mol. The first-order valence-electron chi connectivity index (χ1n) is 6.99. The van der Waals surface area contributed by atoms with Crippen LogP contribution in [0, 0.1) is 10.1 Å². The first kappa shape index (κ1) is 15.2. The Hall–Kier alpha value is -2.15. The highest BCUT2D eigenvalue weighted by molar-refractivity contribution is 5.96. The molecule has 0 saturated carbocycles. The summed E-state index contributed by atoms with van der Waals surface area (Å²) in [5.41, 5.74) is -0.192. The van der Waals surface area contributed by atoms with Crippen LogP contribution >= 0.6 is 0 Å². The lowest BCUT2D eigenvalue weighted by molar-refractivity contribution is -0.384. The van der Waals surface area contributed by atoms with Gasteiger partial charge in [-0.05, 0) is 38.9 Å². The van der Waals surface area contributed by atoms with E-state index < -0.39 is 10.9 Å². The lowest BCUT2D eigenvalue weighted by Gasteiger charge is -2.24. The number of aromatic carboxylic acids is 1. The molecule has 21 heavy (non-hydrogen) atoms. The molecule has 1 aromatic rings. The average molecular weight is 293 g/mol. The van der Waals surface area contributed by atoms with Crippen molar-refractivity contribution in [3.8, 4) is 0 Å². The Balaban J connectivity index is 2.17. The molecule has 2 N–H and O–H groups in total. The van der Waals surface area contributed by atoms with Gasteiger partial charge in [-0.2, -0.15) is 0 Å². The highest BCUT2D eigenvalue weighted by atomic mass is 16.6. The van der Waals surface area contributed by atoms with Gasteiger partial charge in [0.1, 0.15) is 5.69 Å². The smallest absolute Gasteiger partial charge is 0.338 e. The first-order valence-corrected chi connectivity index (χ1v) is 6.99. The van der Waals surface area contributed by atoms with E-state index in [9.17, 15) is 20.0 Å². The highest BCUT2D eigenvalue weighted by Gasteiger charge is 2.23. The number of likely N-dealkylation sites (tertiary alicyclic amines) is 1. The summed E-state index contributed by atoms with van der Waals surface area (Å²) in [7, 11) is 0. The van der Waals surface area contributed by atoms with Gasteiger partial charge in [0.15, 0.2) is 0 Å². The molecule has 1 fully saturated rings. The summed E-state index contributed by atoms with van der Waals surface area (Å²) in [5, 5.41) is 23.2. The number of anilines is 1. The number of hydrogen-bond donors (Lipinski definition) is 2. The van der Waals surface area contributed by atoms with Crippen molar-refractivity contribution in [3.05, 3.63) is 33.9 Å². The molecule has 1 atom stereocenters. The van der Waals surface area contributed by atoms with Crippen LogP contribution in [0.5, 0.6) is 0 Å². The fourth-order valence-electron chi connectivity index (χ4n) is 2.62. The molecule has 0 radical (unpaired) electrons. The van der Waals surface area contributed by atoms with E-state index in [1.165, 1.54) is 18.2 Å². The zero-order valence-electron chi connectivity index (χ0n) is 11.9. The van der Waals surface area contributed by atoms with Gasteiger partial charge in [-0.15, -0.1) is 0 Å². The minimum atomic E-state index is -1.17. The molecule has 0 amide bonds. The summed E-state index contributed by atoms with van der Waals surface area (Å²) >= 11 is 0. The number of hydrogen-bond acceptors (Lipinski definition) is 5. The fraction of sp³-hybridized carbons (Fsp3) is 0.500. The number of nitrogens with one attached hydrogen (secondary N) is 1. The third-order valence-electron chi connectivity index (χ3n) is 3.81. The van der Waals surface area contributed by atoms with Crippen molar-refractivity contribution in [2.75, 3.05) is 25.0 Å². The molecule has 114 valence electrons. The van der Waals surface area contributed by atoms with Gasteiger partial charge >= 0.3 is 5.97 Å². The van der Waals surface area contributed by atoms with Crippen molar-refractivity contribution >= 4 is 17.3 Å². The van der Waals surface area contributed by atoms with Gasteiger partial charge in [0, 0.05) is 18.7 Å². The molecule has 1 aromatic carbocycles. The average Bonchev–Trinajstić information content (AvgIpc) is 2.98. The molecule has 0 aromatic heterocycles. The number of nitrogens with zero attached hydrogens (tertiary/aromatic N) is 2. The third-order valence-corrected chi connectivity index (χ3v) is 3.81. The van der Waals surface area contributed by atoms with Crippen LogP contribution in [0.4, 0.5) is 11.4 Å². The summed E-state index contributed by atoms with van der Waals surface area (Å²) in [5.74, 6) is -1.17. The van der Waals surface area contributed by atoms with Gasteiger partial charge in [0.2, 0.25) is 0 Å². The van der Waals surface area contributed by atoms with E-state index >= 15 is 0 Å². The van der Waals surface area contributed by atoms with Crippen LogP contribution < -0.4 is 5.32 Å². The van der Waals surface area contributed by atoms with Crippen LogP contribution in [-0.4, -0.2) is 46.6 Å². The molecule has 0 bridgehead atoms. The lowest BCUT2D eigenvalue weighted by atomic mass is 10.1. The molecule has 2 rings (SSSR count). The van der Waals surface area contributed by atoms with E-state index in [-0.39, 0.29) is 23.0 Å². The third kappa shape index (κ3) is 3.49. The second kappa shape index (κ2) is 6.53. The van der Waals surface area contributed by atoms with E-state index in [1.54, 1.807) is 0 Å². The van der Waals surface area contributed by atoms with Crippen molar-refractivity contribution in [1.82, 2.24) is 4.90 Å². The van der Waals surface area contributed by atoms with Crippen LogP contribution in [0.15, 0.2) is 18.2 Å². The van der Waals surface area contributed by atoms with Crippen molar-refractivity contribution in [1.29, 1.82) is 0 Å². The summed E-state index contributed by atoms with van der Waals surface area (Å²) in [6, 6.07) is 4.28. The van der Waals surface area contributed by atoms with Gasteiger partial charge in [-0.1, -0.05) is 6.07 Å². The Morgan fingerprint density at radius 1 is 1.48 bits per heavy atom. The SMILES string of the molecule is CC(CNc1c(C(=O)O)cccc1[N+](=O)[O-])N1CCCC1. The first-order chi connectivity index (χ1) is 10.0. The Bertz CT molecular complexity index is 509. The molecule has 0 aliphatic carbocycles. The number of benzene rings is 1. The summed E-state index contributed by atoms with van der Waals surface area (Å²) in [6.45, 7) is 4.55. The zero-order valence-corrected chi connectivity index (χ0v) is 11.9. The van der Waals surface area contributed by atoms with Crippen LogP contribution in [-0.2, 0) is 0 Å². The predicted octanol–water partition coefficient (Wildman–Crippen LogP) is 2.19. The molecule has 1 unspecified atom stereocenters. The minimum absolute atomic E-state index is 0.0715. The zero-order chi connectivity index (χ0) is 15.4. The summed E-state index contributed by atoms with van der Waals surface area (Å²) in [6.07, 6.45) is 2.33. The molecule has 1 aliphatic heterocycles. The lowest BCUT2D eigenvalue weighted by Crippen LogP contribution is -2.35. The second-order valence-electron chi connectivity index (χ2n) is 5.23. The van der Waals surface area contributed by atoms with Crippen molar-refractivity contribution in [2.24, 2.45) is 0 Å². The normalized spacial score (nSPS) is 16.6. The molecule has 0 spiro atoms. The Morgan fingerprint density at radius 3 is 2.71 bits per heavy atom. The second-order valence-corrected chi connectivity index (χ2v) is 5.23. The van der Waals surface area contributed by atoms with Crippen molar-refractivity contribution in [3.63, 3.8) is 0 Å². The maximum absolute atomic E-state index is 11.2. The highest BCUT2D eigenvalue weighted by Crippen LogP contribution is 2.28. The number of carbonyl (C=O) groups is 1. The summed E-state index contributed by atoms with van der Waals surface area (Å²) < 4.78 is 0. The quantitative estimate of drug-likeness (QED) is 0.616. The molecule has 1 aliphatic rings. The van der Waals surface area contributed by atoms with Crippen LogP contribution in [0.2, 0.25) is 0 Å². The van der Waals surface area contributed by atoms with Crippen LogP contribution in [0.25, 0.3) is 0 Å². The Morgan fingerprint density at radius 2 is 2.14 bits per heavy atom. The van der Waals surface area contributed by atoms with E-state index in [2.05, 4.69) is 10.2 Å². The largest absolute Gasteiger partial charge is 0.478 e. The van der Waals surface area contributed by atoms with Gasteiger partial charge in [-0.3, -0.25) is 15.0 Å². The number of para-hydroxylation sites is 1. The minimum Gasteiger partial charge on any atom is -0.478 e. The van der Waals surface area contributed by atoms with E-state index in [4.69, 9.17) is 0 Å². The topological polar surface area (TPSA) is 95.7 Å². The molecular formula is C14H19N3O4. The van der Waals surface area contributed by atoms with E-state index in [1.807, 2.05) is 6.92 Å². The number of nitro benzene ring substituents is 1. The van der Waals surface area contributed by atoms with Crippen LogP contribution in [0.1, 0.15) is 30.1 Å². The molecule has 7 nitrogen and oxygen atoms in total. The van der Waals surface area contributed by atoms with Crippen molar-refractivity contribution in [2.45, 2.75) is 25.8 Å². The number of rotatable bonds is 6. The number of carboxylic acid groups (broad SMARTS) is 1. The maximum Gasteiger partial charge on any atom is 0.338 e. The Kier molecular flexibility index (Phi) is 4.74. The monoisotopic (exact) mass is 293 g/mol. The standard InChI is InChI=1S/C14H19N3O4/c1-10(16-7-2-3-8-16)9-15-13-11(14(18)19)5-4-6-12(13)17(20)21/h4-6,10,15H,2-3,7-9H2,1H3,(H,18,19). The number of carboxylic acids is 1. The fourth-order valence-corrected chi connectivity index (χ4v) is 2.62. The summed E-state index contributed by atoms with van der Waals surface area (Å²) in [4.78, 5) is 24.0. The van der Waals surface area contributed by atoms with Gasteiger partial charge in [0.25, 0.3) is 5.69 Å². The van der Waals surface area contributed by atoms with Gasteiger partial charge < -0.3 is 10.4 Å². The van der Waals surface area contributed by atoms with Crippen molar-refractivity contribution < 1.29 is 14.8 Å². The van der Waals surface area contributed by atoms with Crippen LogP contribution in [0.3, 0.4) is 0 Å². The molecule has 1 saturated heterocycles. The molecular weight excluding hydrogens is 274 g/mol. The van der Waals surface area contributed by atoms with E-state index in [0.717, 1.165) is 25.9 Å². The van der Waals surface area contributed by atoms with E-state index in [0.29, 0.717) is 6.54 Å². The van der Waals surface area contributed by atoms with Gasteiger partial charge in [0.05, 0.1) is 10.5 Å². The maximum atomic E-state index is 11.2. The number of nitro groups is 1. The van der Waals surface area contributed by atoms with Gasteiger partial charge in [-0.25, -0.2) is 4.79 Å².